The fraction of sp³-hybridized carbons (Fsp3) is 0.438. The average Bonchev–Trinajstić information content (AvgIpc) is 2.81. The maximum Gasteiger partial charge on any atom is 0.0952 e. The molecular weight excluding hydrogens is 234 g/mol. The molecule has 1 heterocycles. The topological polar surface area (TPSA) is 43.8 Å². The van der Waals surface area contributed by atoms with Crippen molar-refractivity contribution >= 4 is 0 Å². The van der Waals surface area contributed by atoms with Crippen molar-refractivity contribution in [1.82, 2.24) is 9.55 Å². The summed E-state index contributed by atoms with van der Waals surface area (Å²) in [6.07, 6.45) is 5.85. The summed E-state index contributed by atoms with van der Waals surface area (Å²) in [5.41, 5.74) is 11.0. The molecule has 0 saturated carbocycles. The second-order valence-corrected chi connectivity index (χ2v) is 5.33. The van der Waals surface area contributed by atoms with Gasteiger partial charge in [-0.05, 0) is 37.0 Å². The summed E-state index contributed by atoms with van der Waals surface area (Å²) in [6.45, 7) is 7.27. The number of nitrogens with zero attached hydrogens (tertiary/aromatic N) is 2. The first-order valence-corrected chi connectivity index (χ1v) is 6.91. The van der Waals surface area contributed by atoms with Gasteiger partial charge in [0, 0.05) is 25.2 Å². The molecule has 1 unspecified atom stereocenters. The van der Waals surface area contributed by atoms with Crippen LogP contribution in [0.2, 0.25) is 0 Å². The van der Waals surface area contributed by atoms with E-state index in [1.54, 1.807) is 0 Å². The lowest BCUT2D eigenvalue weighted by Crippen LogP contribution is -2.21. The molecule has 0 aliphatic heterocycles. The highest BCUT2D eigenvalue weighted by atomic mass is 15.0. The van der Waals surface area contributed by atoms with Crippen molar-refractivity contribution in [2.45, 2.75) is 46.2 Å². The Bertz CT molecular complexity index is 543. The Morgan fingerprint density at radius 3 is 2.74 bits per heavy atom. The van der Waals surface area contributed by atoms with Crippen LogP contribution in [-0.4, -0.2) is 15.6 Å². The van der Waals surface area contributed by atoms with Gasteiger partial charge in [0.2, 0.25) is 0 Å². The molecule has 1 aromatic heterocycles. The van der Waals surface area contributed by atoms with E-state index in [1.165, 1.54) is 16.7 Å². The van der Waals surface area contributed by atoms with Crippen molar-refractivity contribution in [2.75, 3.05) is 0 Å². The molecule has 3 nitrogen and oxygen atoms in total. The van der Waals surface area contributed by atoms with Gasteiger partial charge in [-0.15, -0.1) is 0 Å². The Kier molecular flexibility index (Phi) is 4.38. The van der Waals surface area contributed by atoms with Gasteiger partial charge in [0.25, 0.3) is 0 Å². The van der Waals surface area contributed by atoms with Crippen LogP contribution in [0.5, 0.6) is 0 Å². The van der Waals surface area contributed by atoms with Crippen LogP contribution in [0.4, 0.5) is 0 Å². The third kappa shape index (κ3) is 3.67. The lowest BCUT2D eigenvalue weighted by atomic mass is 10.1. The van der Waals surface area contributed by atoms with E-state index in [4.69, 9.17) is 5.73 Å². The summed E-state index contributed by atoms with van der Waals surface area (Å²) in [5.74, 6) is 0. The van der Waals surface area contributed by atoms with Crippen LogP contribution in [0.25, 0.3) is 0 Å². The molecule has 0 amide bonds. The third-order valence-electron chi connectivity index (χ3n) is 3.62. The monoisotopic (exact) mass is 257 g/mol. The molecule has 1 aromatic carbocycles. The van der Waals surface area contributed by atoms with E-state index in [1.807, 2.05) is 6.33 Å². The van der Waals surface area contributed by atoms with Crippen LogP contribution in [0, 0.1) is 13.8 Å². The number of hydrogen-bond acceptors (Lipinski definition) is 2. The number of aryl methyl sites for hydroxylation is 2. The maximum atomic E-state index is 5.95. The Morgan fingerprint density at radius 1 is 1.26 bits per heavy atom. The molecule has 3 heteroatoms. The lowest BCUT2D eigenvalue weighted by Gasteiger charge is -2.06. The van der Waals surface area contributed by atoms with Crippen LogP contribution in [0.1, 0.15) is 35.7 Å². The molecule has 0 radical (unpaired) electrons. The molecular formula is C16H23N3. The number of hydrogen-bond donors (Lipinski definition) is 1. The molecule has 2 rings (SSSR count). The zero-order chi connectivity index (χ0) is 13.8. The van der Waals surface area contributed by atoms with E-state index < -0.39 is 0 Å². The molecule has 0 fully saturated rings. The van der Waals surface area contributed by atoms with Gasteiger partial charge in [0.15, 0.2) is 0 Å². The smallest absolute Gasteiger partial charge is 0.0952 e. The van der Waals surface area contributed by atoms with Gasteiger partial charge in [-0.2, -0.15) is 0 Å². The number of nitrogens with two attached hydrogens (primary N) is 1. The molecule has 2 aromatic rings. The van der Waals surface area contributed by atoms with Gasteiger partial charge in [-0.1, -0.05) is 25.1 Å². The van der Waals surface area contributed by atoms with Crippen LogP contribution in [0.3, 0.4) is 0 Å². The van der Waals surface area contributed by atoms with Gasteiger partial charge >= 0.3 is 0 Å². The number of rotatable bonds is 5. The highest BCUT2D eigenvalue weighted by Crippen LogP contribution is 2.12. The highest BCUT2D eigenvalue weighted by molar-refractivity contribution is 5.30. The first kappa shape index (κ1) is 13.8. The number of aromatic nitrogens is 2. The minimum Gasteiger partial charge on any atom is -0.333 e. The summed E-state index contributed by atoms with van der Waals surface area (Å²) in [4.78, 5) is 4.42. The van der Waals surface area contributed by atoms with Gasteiger partial charge in [0.05, 0.1) is 12.0 Å². The lowest BCUT2D eigenvalue weighted by molar-refractivity contribution is 0.638. The Hall–Kier alpha value is -1.61. The first-order chi connectivity index (χ1) is 9.08. The summed E-state index contributed by atoms with van der Waals surface area (Å²) in [7, 11) is 0. The predicted octanol–water partition coefficient (Wildman–Crippen LogP) is 2.83. The SMILES string of the molecule is CCC(N)Cc1cn(Cc2ccc(C)c(C)c2)cn1. The van der Waals surface area contributed by atoms with Crippen LogP contribution >= 0.6 is 0 Å². The van der Waals surface area contributed by atoms with Gasteiger partial charge in [0.1, 0.15) is 0 Å². The minimum absolute atomic E-state index is 0.213. The zero-order valence-electron chi connectivity index (χ0n) is 12.1. The van der Waals surface area contributed by atoms with E-state index in [9.17, 15) is 0 Å². The standard InChI is InChI=1S/C16H23N3/c1-4-15(17)8-16-10-19(11-18-16)9-14-6-5-12(2)13(3)7-14/h5-7,10-11,15H,4,8-9,17H2,1-3H3. The van der Waals surface area contributed by atoms with Gasteiger partial charge in [-0.25, -0.2) is 4.98 Å². The van der Waals surface area contributed by atoms with Crippen molar-refractivity contribution < 1.29 is 0 Å². The summed E-state index contributed by atoms with van der Waals surface area (Å²) in [5, 5.41) is 0. The molecule has 0 aliphatic rings. The minimum atomic E-state index is 0.213. The second-order valence-electron chi connectivity index (χ2n) is 5.33. The van der Waals surface area contributed by atoms with Crippen molar-refractivity contribution in [3.05, 3.63) is 53.1 Å². The van der Waals surface area contributed by atoms with E-state index >= 15 is 0 Å². The summed E-state index contributed by atoms with van der Waals surface area (Å²) >= 11 is 0. The molecule has 0 saturated heterocycles. The predicted molar refractivity (Wildman–Crippen MR) is 79.2 cm³/mol. The fourth-order valence-electron chi connectivity index (χ4n) is 2.12. The normalized spacial score (nSPS) is 12.6. The highest BCUT2D eigenvalue weighted by Gasteiger charge is 2.05. The quantitative estimate of drug-likeness (QED) is 0.895. The molecule has 0 aliphatic carbocycles. The molecule has 19 heavy (non-hydrogen) atoms. The fourth-order valence-corrected chi connectivity index (χ4v) is 2.12. The van der Waals surface area contributed by atoms with Gasteiger partial charge in [-0.3, -0.25) is 0 Å². The molecule has 1 atom stereocenters. The summed E-state index contributed by atoms with van der Waals surface area (Å²) < 4.78 is 2.13. The van der Waals surface area contributed by atoms with Crippen molar-refractivity contribution in [1.29, 1.82) is 0 Å². The van der Waals surface area contributed by atoms with Crippen molar-refractivity contribution in [3.63, 3.8) is 0 Å². The summed E-state index contributed by atoms with van der Waals surface area (Å²) in [6, 6.07) is 6.81. The van der Waals surface area contributed by atoms with Crippen molar-refractivity contribution in [2.24, 2.45) is 5.73 Å². The molecule has 0 bridgehead atoms. The van der Waals surface area contributed by atoms with Crippen LogP contribution in [0.15, 0.2) is 30.7 Å². The molecule has 102 valence electrons. The Labute approximate surface area is 115 Å². The Balaban J connectivity index is 2.05. The number of imidazole rings is 1. The average molecular weight is 257 g/mol. The zero-order valence-corrected chi connectivity index (χ0v) is 12.1. The molecule has 0 spiro atoms. The van der Waals surface area contributed by atoms with Crippen LogP contribution < -0.4 is 5.73 Å². The Morgan fingerprint density at radius 2 is 2.05 bits per heavy atom. The molecule has 2 N–H and O–H groups in total. The van der Waals surface area contributed by atoms with Crippen molar-refractivity contribution in [3.8, 4) is 0 Å². The second kappa shape index (κ2) is 6.02. The van der Waals surface area contributed by atoms with E-state index in [-0.39, 0.29) is 6.04 Å². The third-order valence-corrected chi connectivity index (χ3v) is 3.62. The van der Waals surface area contributed by atoms with E-state index in [0.717, 1.165) is 25.1 Å². The number of benzene rings is 1. The van der Waals surface area contributed by atoms with E-state index in [2.05, 4.69) is 54.7 Å². The maximum absolute atomic E-state index is 5.95. The largest absolute Gasteiger partial charge is 0.333 e. The van der Waals surface area contributed by atoms with E-state index in [0.29, 0.717) is 0 Å². The van der Waals surface area contributed by atoms with Gasteiger partial charge < -0.3 is 10.3 Å². The first-order valence-electron chi connectivity index (χ1n) is 6.91. The van der Waals surface area contributed by atoms with Crippen LogP contribution in [-0.2, 0) is 13.0 Å².